The molecular weight excluding hydrogens is 312 g/mol. The average molecular weight is 327 g/mol. The van der Waals surface area contributed by atoms with Crippen LogP contribution in [-0.2, 0) is 0 Å². The molecule has 5 heteroatoms. The first kappa shape index (κ1) is 14.4. The van der Waals surface area contributed by atoms with Crippen LogP contribution in [0.5, 0.6) is 0 Å². The maximum atomic E-state index is 12.8. The number of aryl methyl sites for hydroxylation is 1. The van der Waals surface area contributed by atoms with Crippen LogP contribution in [-0.4, -0.2) is 28.9 Å². The Kier molecular flexibility index (Phi) is 3.08. The van der Waals surface area contributed by atoms with Gasteiger partial charge in [0.2, 0.25) is 5.78 Å². The summed E-state index contributed by atoms with van der Waals surface area (Å²) in [5.74, 6) is 0.0794. The summed E-state index contributed by atoms with van der Waals surface area (Å²) in [6, 6.07) is 13.0. The highest BCUT2D eigenvalue weighted by Gasteiger charge is 2.52. The van der Waals surface area contributed by atoms with Crippen molar-refractivity contribution in [1.29, 1.82) is 0 Å². The Hall–Kier alpha value is -2.17. The van der Waals surface area contributed by atoms with Crippen LogP contribution in [0.4, 0.5) is 11.4 Å². The molecule has 2 aliphatic heterocycles. The lowest BCUT2D eigenvalue weighted by atomic mass is 9.87. The Labute approximate surface area is 139 Å². The van der Waals surface area contributed by atoms with E-state index in [4.69, 9.17) is 11.6 Å². The van der Waals surface area contributed by atoms with Gasteiger partial charge in [0.15, 0.2) is 5.60 Å². The second kappa shape index (κ2) is 4.91. The minimum Gasteiger partial charge on any atom is -0.374 e. The number of aliphatic imine (C=N–C) groups is 1. The first-order valence-corrected chi connectivity index (χ1v) is 7.87. The molecule has 1 atom stereocenters. The first-order valence-electron chi connectivity index (χ1n) is 7.49. The van der Waals surface area contributed by atoms with Crippen LogP contribution in [0.2, 0.25) is 5.02 Å². The van der Waals surface area contributed by atoms with Crippen molar-refractivity contribution in [2.75, 3.05) is 11.4 Å². The van der Waals surface area contributed by atoms with Gasteiger partial charge in [0.1, 0.15) is 5.84 Å². The summed E-state index contributed by atoms with van der Waals surface area (Å²) < 4.78 is 0. The molecule has 0 unspecified atom stereocenters. The molecule has 0 amide bonds. The summed E-state index contributed by atoms with van der Waals surface area (Å²) >= 11 is 5.98. The number of Topliss-reactive ketones (excluding diaryl/α,β-unsaturated/α-hetero) is 1. The maximum absolute atomic E-state index is 12.8. The van der Waals surface area contributed by atoms with Crippen LogP contribution in [0, 0.1) is 6.92 Å². The number of rotatable bonds is 1. The Morgan fingerprint density at radius 2 is 1.96 bits per heavy atom. The van der Waals surface area contributed by atoms with Crippen LogP contribution in [0.25, 0.3) is 0 Å². The molecule has 4 nitrogen and oxygen atoms in total. The molecule has 116 valence electrons. The Morgan fingerprint density at radius 3 is 2.70 bits per heavy atom. The third-order valence-electron chi connectivity index (χ3n) is 4.47. The number of carbonyl (C=O) groups excluding carboxylic acids is 1. The van der Waals surface area contributed by atoms with Crippen molar-refractivity contribution in [1.82, 2.24) is 0 Å². The molecule has 23 heavy (non-hydrogen) atoms. The largest absolute Gasteiger partial charge is 0.374 e. The van der Waals surface area contributed by atoms with Gasteiger partial charge in [-0.2, -0.15) is 0 Å². The minimum atomic E-state index is -1.57. The number of ketones is 1. The second-order valence-electron chi connectivity index (χ2n) is 6.02. The third-order valence-corrected chi connectivity index (χ3v) is 4.71. The van der Waals surface area contributed by atoms with Gasteiger partial charge in [-0.1, -0.05) is 29.3 Å². The molecular formula is C18H15ClN2O2. The van der Waals surface area contributed by atoms with E-state index in [0.29, 0.717) is 35.1 Å². The SMILES string of the molecule is Cc1ccc(N2CC[C@@]3(O)C(=O)c4cc(Cl)ccc4N=C23)cc1. The predicted molar refractivity (Wildman–Crippen MR) is 91.0 cm³/mol. The summed E-state index contributed by atoms with van der Waals surface area (Å²) in [5.41, 5.74) is 1.45. The van der Waals surface area contributed by atoms with Crippen LogP contribution in [0.1, 0.15) is 22.3 Å². The highest BCUT2D eigenvalue weighted by molar-refractivity contribution is 6.33. The fourth-order valence-corrected chi connectivity index (χ4v) is 3.36. The smallest absolute Gasteiger partial charge is 0.204 e. The van der Waals surface area contributed by atoms with Crippen molar-refractivity contribution in [2.45, 2.75) is 18.9 Å². The van der Waals surface area contributed by atoms with E-state index < -0.39 is 5.60 Å². The summed E-state index contributed by atoms with van der Waals surface area (Å²) in [6.07, 6.45) is 0.324. The molecule has 2 heterocycles. The van der Waals surface area contributed by atoms with Gasteiger partial charge in [0.05, 0.1) is 5.69 Å². The van der Waals surface area contributed by atoms with E-state index in [1.807, 2.05) is 36.1 Å². The zero-order valence-corrected chi connectivity index (χ0v) is 13.3. The quantitative estimate of drug-likeness (QED) is 0.872. The molecule has 0 radical (unpaired) electrons. The molecule has 2 aliphatic rings. The molecule has 0 bridgehead atoms. The number of halogens is 1. The molecule has 0 aromatic heterocycles. The van der Waals surface area contributed by atoms with Crippen molar-refractivity contribution in [3.8, 4) is 0 Å². The van der Waals surface area contributed by atoms with Crippen molar-refractivity contribution in [3.63, 3.8) is 0 Å². The fourth-order valence-electron chi connectivity index (χ4n) is 3.18. The average Bonchev–Trinajstić information content (AvgIpc) is 2.88. The number of hydrogen-bond acceptors (Lipinski definition) is 4. The monoisotopic (exact) mass is 326 g/mol. The van der Waals surface area contributed by atoms with Crippen LogP contribution < -0.4 is 4.90 Å². The molecule has 0 spiro atoms. The van der Waals surface area contributed by atoms with E-state index in [1.165, 1.54) is 0 Å². The molecule has 1 saturated heterocycles. The molecule has 2 aromatic rings. The molecule has 0 saturated carbocycles. The number of benzene rings is 2. The maximum Gasteiger partial charge on any atom is 0.204 e. The van der Waals surface area contributed by atoms with Crippen molar-refractivity contribution < 1.29 is 9.90 Å². The highest BCUT2D eigenvalue weighted by Crippen LogP contribution is 2.40. The second-order valence-corrected chi connectivity index (χ2v) is 6.46. The summed E-state index contributed by atoms with van der Waals surface area (Å²) in [7, 11) is 0. The van der Waals surface area contributed by atoms with Crippen LogP contribution in [0.15, 0.2) is 47.5 Å². The van der Waals surface area contributed by atoms with Gasteiger partial charge in [-0.15, -0.1) is 0 Å². The van der Waals surface area contributed by atoms with E-state index >= 15 is 0 Å². The zero-order valence-electron chi connectivity index (χ0n) is 12.6. The summed E-state index contributed by atoms with van der Waals surface area (Å²) in [6.45, 7) is 2.57. The van der Waals surface area contributed by atoms with Gasteiger partial charge in [-0.3, -0.25) is 4.79 Å². The standard InChI is InChI=1S/C18H15ClN2O2/c1-11-2-5-13(6-3-11)21-9-8-18(23)16(22)14-10-12(19)4-7-15(14)20-17(18)21/h2-7,10,23H,8-9H2,1H3/t18-/m1/s1. The third kappa shape index (κ3) is 2.10. The number of hydrogen-bond donors (Lipinski definition) is 1. The van der Waals surface area contributed by atoms with Crippen molar-refractivity contribution >= 4 is 34.6 Å². The lowest BCUT2D eigenvalue weighted by Crippen LogP contribution is -2.48. The number of nitrogens with zero attached hydrogens (tertiary/aromatic N) is 2. The van der Waals surface area contributed by atoms with Gasteiger partial charge in [0, 0.05) is 29.2 Å². The van der Waals surface area contributed by atoms with Gasteiger partial charge in [-0.05, 0) is 37.3 Å². The Morgan fingerprint density at radius 1 is 1.22 bits per heavy atom. The van der Waals surface area contributed by atoms with E-state index in [-0.39, 0.29) is 5.78 Å². The van der Waals surface area contributed by atoms with E-state index in [0.717, 1.165) is 11.3 Å². The Bertz CT molecular complexity index is 845. The number of anilines is 1. The van der Waals surface area contributed by atoms with E-state index in [2.05, 4.69) is 4.99 Å². The Balaban J connectivity index is 1.85. The minimum absolute atomic E-state index is 0.324. The number of aliphatic hydroxyl groups is 1. The molecule has 1 N–H and O–H groups in total. The van der Waals surface area contributed by atoms with E-state index in [9.17, 15) is 9.90 Å². The van der Waals surface area contributed by atoms with Gasteiger partial charge in [0.25, 0.3) is 0 Å². The topological polar surface area (TPSA) is 52.9 Å². The molecule has 1 fully saturated rings. The molecule has 2 aromatic carbocycles. The molecule has 0 aliphatic carbocycles. The number of fused-ring (bicyclic) bond motifs is 2. The van der Waals surface area contributed by atoms with Crippen LogP contribution >= 0.6 is 11.6 Å². The highest BCUT2D eigenvalue weighted by atomic mass is 35.5. The molecule has 4 rings (SSSR count). The van der Waals surface area contributed by atoms with Gasteiger partial charge < -0.3 is 10.0 Å². The number of carbonyl (C=O) groups is 1. The first-order chi connectivity index (χ1) is 11.0. The van der Waals surface area contributed by atoms with Crippen molar-refractivity contribution in [3.05, 3.63) is 58.6 Å². The lowest BCUT2D eigenvalue weighted by molar-refractivity contribution is 0.0602. The number of amidine groups is 1. The zero-order chi connectivity index (χ0) is 16.2. The normalized spacial score (nSPS) is 22.7. The lowest BCUT2D eigenvalue weighted by Gasteiger charge is -2.29. The van der Waals surface area contributed by atoms with Crippen LogP contribution in [0.3, 0.4) is 0 Å². The van der Waals surface area contributed by atoms with E-state index in [1.54, 1.807) is 18.2 Å². The van der Waals surface area contributed by atoms with Crippen molar-refractivity contribution in [2.24, 2.45) is 4.99 Å². The summed E-state index contributed by atoms with van der Waals surface area (Å²) in [4.78, 5) is 19.3. The predicted octanol–water partition coefficient (Wildman–Crippen LogP) is 3.52. The van der Waals surface area contributed by atoms with Gasteiger partial charge in [-0.25, -0.2) is 4.99 Å². The van der Waals surface area contributed by atoms with Gasteiger partial charge >= 0.3 is 0 Å². The summed E-state index contributed by atoms with van der Waals surface area (Å²) in [5, 5.41) is 11.4. The fraction of sp³-hybridized carbons (Fsp3) is 0.222.